The van der Waals surface area contributed by atoms with E-state index in [0.29, 0.717) is 22.2 Å². The number of benzene rings is 2. The summed E-state index contributed by atoms with van der Waals surface area (Å²) in [6, 6.07) is 13.9. The molecule has 3 aromatic rings. The number of aromatic nitrogens is 1. The molecule has 10 heteroatoms. The van der Waals surface area contributed by atoms with E-state index < -0.39 is 17.7 Å². The van der Waals surface area contributed by atoms with Gasteiger partial charge in [-0.1, -0.05) is 36.4 Å². The first kappa shape index (κ1) is 22.2. The molecule has 0 saturated carbocycles. The van der Waals surface area contributed by atoms with Crippen LogP contribution in [0.2, 0.25) is 0 Å². The van der Waals surface area contributed by atoms with Crippen LogP contribution in [-0.4, -0.2) is 41.0 Å². The first-order valence-electron chi connectivity index (χ1n) is 9.52. The van der Waals surface area contributed by atoms with Crippen LogP contribution in [0.5, 0.6) is 11.6 Å². The molecule has 10 nitrogen and oxygen atoms in total. The van der Waals surface area contributed by atoms with E-state index in [1.54, 1.807) is 48.5 Å². The molecular formula is C22H21N5O5. The summed E-state index contributed by atoms with van der Waals surface area (Å²) in [6.07, 6.45) is 2.83. The minimum absolute atomic E-state index is 0.0256. The summed E-state index contributed by atoms with van der Waals surface area (Å²) in [4.78, 5) is 35.3. The van der Waals surface area contributed by atoms with E-state index in [0.717, 1.165) is 0 Å². The quantitative estimate of drug-likeness (QED) is 0.367. The Kier molecular flexibility index (Phi) is 6.96. The molecule has 1 aromatic heterocycles. The maximum atomic E-state index is 12.0. The second kappa shape index (κ2) is 10.0. The lowest BCUT2D eigenvalue weighted by molar-refractivity contribution is -0.122. The molecule has 32 heavy (non-hydrogen) atoms. The van der Waals surface area contributed by atoms with E-state index in [1.807, 2.05) is 6.07 Å². The van der Waals surface area contributed by atoms with Crippen molar-refractivity contribution in [1.82, 2.24) is 9.88 Å². The van der Waals surface area contributed by atoms with E-state index in [1.165, 1.54) is 17.8 Å². The molecule has 3 rings (SSSR count). The van der Waals surface area contributed by atoms with Gasteiger partial charge in [0.2, 0.25) is 17.7 Å². The second-order valence-corrected chi connectivity index (χ2v) is 6.63. The van der Waals surface area contributed by atoms with Crippen LogP contribution in [0.3, 0.4) is 0 Å². The van der Waals surface area contributed by atoms with Crippen LogP contribution in [0.4, 0.5) is 5.69 Å². The van der Waals surface area contributed by atoms with Crippen LogP contribution in [0.1, 0.15) is 5.56 Å². The summed E-state index contributed by atoms with van der Waals surface area (Å²) in [5.74, 6) is -1.61. The number of carbonyl (C=O) groups is 3. The van der Waals surface area contributed by atoms with Crippen LogP contribution in [-0.2, 0) is 20.9 Å². The van der Waals surface area contributed by atoms with Crippen molar-refractivity contribution < 1.29 is 24.2 Å². The summed E-state index contributed by atoms with van der Waals surface area (Å²) >= 11 is 0. The Balaban J connectivity index is 1.66. The van der Waals surface area contributed by atoms with Gasteiger partial charge < -0.3 is 25.5 Å². The number of nitrogens with zero attached hydrogens (tertiary/aromatic N) is 3. The van der Waals surface area contributed by atoms with Crippen molar-refractivity contribution in [2.24, 2.45) is 16.0 Å². The monoisotopic (exact) mass is 435 g/mol. The third-order valence-electron chi connectivity index (χ3n) is 4.46. The fourth-order valence-corrected chi connectivity index (χ4v) is 3.02. The van der Waals surface area contributed by atoms with Crippen molar-refractivity contribution in [3.05, 3.63) is 60.2 Å². The van der Waals surface area contributed by atoms with Crippen molar-refractivity contribution in [3.8, 4) is 11.6 Å². The number of methoxy groups -OCH3 is 1. The standard InChI is InChI=1S/C22H21N5O5/c1-32-17-9-5-2-6-14(17)10-11-19(29)24-12-20(30)25-26-21-15-7-3-4-8-16(15)27(22(21)31)13-18(23)28/h2-11,31H,12-13H2,1H3,(H2,23,28)(H,24,29). The van der Waals surface area contributed by atoms with Crippen molar-refractivity contribution >= 4 is 40.4 Å². The van der Waals surface area contributed by atoms with Crippen molar-refractivity contribution in [3.63, 3.8) is 0 Å². The number of amides is 3. The molecule has 0 unspecified atom stereocenters. The fraction of sp³-hybridized carbons (Fsp3) is 0.136. The van der Waals surface area contributed by atoms with Gasteiger partial charge in [-0.05, 0) is 18.2 Å². The highest BCUT2D eigenvalue weighted by molar-refractivity contribution is 5.97. The SMILES string of the molecule is COc1ccccc1C=CC(=O)NCC(=O)N=Nc1c(O)n(CC(N)=O)c2ccccc12. The van der Waals surface area contributed by atoms with Crippen LogP contribution >= 0.6 is 0 Å². The summed E-state index contributed by atoms with van der Waals surface area (Å²) < 4.78 is 6.48. The Labute approximate surface area is 183 Å². The predicted molar refractivity (Wildman–Crippen MR) is 117 cm³/mol. The fourth-order valence-electron chi connectivity index (χ4n) is 3.02. The molecular weight excluding hydrogens is 414 g/mol. The number of aromatic hydroxyl groups is 1. The van der Waals surface area contributed by atoms with Gasteiger partial charge in [0, 0.05) is 17.0 Å². The first-order chi connectivity index (χ1) is 15.4. The van der Waals surface area contributed by atoms with Gasteiger partial charge in [-0.3, -0.25) is 14.4 Å². The average Bonchev–Trinajstić information content (AvgIpc) is 3.05. The van der Waals surface area contributed by atoms with Crippen molar-refractivity contribution in [1.29, 1.82) is 0 Å². The average molecular weight is 435 g/mol. The van der Waals surface area contributed by atoms with Crippen LogP contribution in [0.25, 0.3) is 17.0 Å². The molecule has 0 bridgehead atoms. The molecule has 0 spiro atoms. The number of nitrogens with one attached hydrogen (secondary N) is 1. The van der Waals surface area contributed by atoms with Gasteiger partial charge in [0.05, 0.1) is 12.6 Å². The maximum absolute atomic E-state index is 12.0. The molecule has 0 atom stereocenters. The Morgan fingerprint density at radius 2 is 1.88 bits per heavy atom. The number of ether oxygens (including phenoxy) is 1. The van der Waals surface area contributed by atoms with E-state index >= 15 is 0 Å². The summed E-state index contributed by atoms with van der Waals surface area (Å²) in [5, 5.41) is 20.7. The Bertz CT molecular complexity index is 1230. The minimum atomic E-state index is -0.727. The number of hydrogen-bond acceptors (Lipinski definition) is 6. The van der Waals surface area contributed by atoms with E-state index in [9.17, 15) is 19.5 Å². The topological polar surface area (TPSA) is 148 Å². The Morgan fingerprint density at radius 3 is 2.62 bits per heavy atom. The molecule has 4 N–H and O–H groups in total. The molecule has 0 radical (unpaired) electrons. The number of primary amides is 1. The molecule has 1 heterocycles. The molecule has 0 aliphatic heterocycles. The van der Waals surface area contributed by atoms with Gasteiger partial charge in [0.25, 0.3) is 5.91 Å². The Morgan fingerprint density at radius 1 is 1.16 bits per heavy atom. The third-order valence-corrected chi connectivity index (χ3v) is 4.46. The number of fused-ring (bicyclic) bond motifs is 1. The van der Waals surface area contributed by atoms with Crippen molar-refractivity contribution in [2.75, 3.05) is 13.7 Å². The first-order valence-corrected chi connectivity index (χ1v) is 9.52. The van der Waals surface area contributed by atoms with E-state index in [-0.39, 0.29) is 24.7 Å². The van der Waals surface area contributed by atoms with Gasteiger partial charge in [-0.2, -0.15) is 0 Å². The summed E-state index contributed by atoms with van der Waals surface area (Å²) in [7, 11) is 1.53. The van der Waals surface area contributed by atoms with Gasteiger partial charge >= 0.3 is 0 Å². The van der Waals surface area contributed by atoms with Gasteiger partial charge in [0.1, 0.15) is 18.8 Å². The van der Waals surface area contributed by atoms with E-state index in [2.05, 4.69) is 15.5 Å². The van der Waals surface area contributed by atoms with Crippen LogP contribution in [0.15, 0.2) is 64.8 Å². The largest absolute Gasteiger partial charge is 0.496 e. The second-order valence-electron chi connectivity index (χ2n) is 6.63. The zero-order valence-corrected chi connectivity index (χ0v) is 17.2. The van der Waals surface area contributed by atoms with Crippen molar-refractivity contribution in [2.45, 2.75) is 6.54 Å². The van der Waals surface area contributed by atoms with Crippen LogP contribution in [0, 0.1) is 0 Å². The molecule has 0 aliphatic rings. The minimum Gasteiger partial charge on any atom is -0.496 e. The van der Waals surface area contributed by atoms with Crippen LogP contribution < -0.4 is 15.8 Å². The Hall–Kier alpha value is -4.47. The molecule has 164 valence electrons. The lowest BCUT2D eigenvalue weighted by atomic mass is 10.2. The zero-order chi connectivity index (χ0) is 23.1. The lowest BCUT2D eigenvalue weighted by Gasteiger charge is -2.03. The number of nitrogens with two attached hydrogens (primary N) is 1. The lowest BCUT2D eigenvalue weighted by Crippen LogP contribution is -2.26. The molecule has 0 saturated heterocycles. The molecule has 2 aromatic carbocycles. The summed E-state index contributed by atoms with van der Waals surface area (Å²) in [5.41, 5.74) is 6.48. The number of hydrogen-bond donors (Lipinski definition) is 3. The number of azo groups is 1. The number of carbonyl (C=O) groups excluding carboxylic acids is 3. The smallest absolute Gasteiger partial charge is 0.283 e. The van der Waals surface area contributed by atoms with E-state index in [4.69, 9.17) is 10.5 Å². The zero-order valence-electron chi connectivity index (χ0n) is 17.2. The highest BCUT2D eigenvalue weighted by Crippen LogP contribution is 2.38. The van der Waals surface area contributed by atoms with Gasteiger partial charge in [-0.25, -0.2) is 0 Å². The highest BCUT2D eigenvalue weighted by Gasteiger charge is 2.17. The molecule has 0 fully saturated rings. The molecule has 0 aliphatic carbocycles. The van der Waals surface area contributed by atoms with Gasteiger partial charge in [0.15, 0.2) is 5.69 Å². The number of para-hydroxylation sites is 2. The third kappa shape index (κ3) is 5.17. The highest BCUT2D eigenvalue weighted by atomic mass is 16.5. The predicted octanol–water partition coefficient (Wildman–Crippen LogP) is 2.28. The van der Waals surface area contributed by atoms with Gasteiger partial charge in [-0.15, -0.1) is 10.2 Å². The normalized spacial score (nSPS) is 11.3. The molecule has 3 amide bonds. The maximum Gasteiger partial charge on any atom is 0.283 e. The number of rotatable bonds is 8. The summed E-state index contributed by atoms with van der Waals surface area (Å²) in [6.45, 7) is -0.649.